The summed E-state index contributed by atoms with van der Waals surface area (Å²) >= 11 is 3.06. The summed E-state index contributed by atoms with van der Waals surface area (Å²) in [5, 5.41) is -0.351. The lowest BCUT2D eigenvalue weighted by molar-refractivity contribution is 0.0176. The van der Waals surface area contributed by atoms with Gasteiger partial charge in [-0.15, -0.1) is 0 Å². The van der Waals surface area contributed by atoms with Crippen molar-refractivity contribution >= 4 is 15.9 Å². The zero-order chi connectivity index (χ0) is 5.98. The molecule has 0 N–H and O–H groups in total. The van der Waals surface area contributed by atoms with Crippen molar-refractivity contribution in [3.63, 3.8) is 0 Å². The molecule has 0 aromatic heterocycles. The van der Waals surface area contributed by atoms with Crippen LogP contribution in [0.4, 0.5) is 4.39 Å². The highest BCUT2D eigenvalue weighted by Gasteiger charge is 2.21. The van der Waals surface area contributed by atoms with Gasteiger partial charge in [0.05, 0.1) is 0 Å². The molecule has 1 aliphatic heterocycles. The van der Waals surface area contributed by atoms with E-state index in [1.165, 1.54) is 0 Å². The fourth-order valence-electron chi connectivity index (χ4n) is 0.710. The van der Waals surface area contributed by atoms with Crippen molar-refractivity contribution in [3.8, 4) is 0 Å². The standard InChI is InChI=1S/C5H8BrFO/c6-5-4(7)2-1-3-8-5/h4-5H,1-3H2. The molecule has 1 aliphatic rings. The summed E-state index contributed by atoms with van der Waals surface area (Å²) < 4.78 is 17.3. The topological polar surface area (TPSA) is 9.23 Å². The molecule has 0 saturated carbocycles. The predicted molar refractivity (Wildman–Crippen MR) is 32.8 cm³/mol. The second kappa shape index (κ2) is 2.78. The monoisotopic (exact) mass is 182 g/mol. The Kier molecular flexibility index (Phi) is 2.26. The Hall–Kier alpha value is 0.370. The molecule has 0 amide bonds. The first-order valence-electron chi connectivity index (χ1n) is 2.70. The fourth-order valence-corrected chi connectivity index (χ4v) is 1.16. The van der Waals surface area contributed by atoms with Crippen LogP contribution in [0, 0.1) is 0 Å². The minimum Gasteiger partial charge on any atom is -0.364 e. The van der Waals surface area contributed by atoms with Crippen LogP contribution in [-0.2, 0) is 4.74 Å². The SMILES string of the molecule is FC1CCCOC1Br. The third kappa shape index (κ3) is 1.42. The van der Waals surface area contributed by atoms with Crippen LogP contribution < -0.4 is 0 Å². The van der Waals surface area contributed by atoms with Gasteiger partial charge >= 0.3 is 0 Å². The third-order valence-corrected chi connectivity index (χ3v) is 2.02. The van der Waals surface area contributed by atoms with Gasteiger partial charge in [0.1, 0.15) is 11.2 Å². The molecule has 0 aliphatic carbocycles. The van der Waals surface area contributed by atoms with Crippen LogP contribution in [-0.4, -0.2) is 17.8 Å². The van der Waals surface area contributed by atoms with E-state index < -0.39 is 6.17 Å². The number of hydrogen-bond acceptors (Lipinski definition) is 1. The Morgan fingerprint density at radius 3 is 2.75 bits per heavy atom. The van der Waals surface area contributed by atoms with E-state index in [1.54, 1.807) is 0 Å². The van der Waals surface area contributed by atoms with E-state index in [9.17, 15) is 4.39 Å². The summed E-state index contributed by atoms with van der Waals surface area (Å²) in [5.41, 5.74) is 0. The molecule has 2 atom stereocenters. The minimum atomic E-state index is -0.802. The Bertz CT molecular complexity index is 68.8. The first kappa shape index (κ1) is 6.49. The number of halogens is 2. The molecular formula is C5H8BrFO. The average molecular weight is 183 g/mol. The van der Waals surface area contributed by atoms with Gasteiger partial charge < -0.3 is 4.74 Å². The van der Waals surface area contributed by atoms with Crippen LogP contribution in [0.15, 0.2) is 0 Å². The first-order chi connectivity index (χ1) is 3.80. The van der Waals surface area contributed by atoms with Crippen molar-refractivity contribution in [2.75, 3.05) is 6.61 Å². The van der Waals surface area contributed by atoms with Crippen LogP contribution in [0.1, 0.15) is 12.8 Å². The molecule has 1 nitrogen and oxygen atoms in total. The van der Waals surface area contributed by atoms with Gasteiger partial charge in [0.25, 0.3) is 0 Å². The summed E-state index contributed by atoms with van der Waals surface area (Å²) in [7, 11) is 0. The maximum atomic E-state index is 12.4. The van der Waals surface area contributed by atoms with E-state index in [4.69, 9.17) is 4.74 Å². The van der Waals surface area contributed by atoms with E-state index in [1.807, 2.05) is 0 Å². The molecule has 48 valence electrons. The highest BCUT2D eigenvalue weighted by molar-refractivity contribution is 9.09. The second-order valence-corrected chi connectivity index (χ2v) is 2.78. The van der Waals surface area contributed by atoms with Gasteiger partial charge in [0.15, 0.2) is 0 Å². The summed E-state index contributed by atoms with van der Waals surface area (Å²) in [4.78, 5) is 0. The first-order valence-corrected chi connectivity index (χ1v) is 3.62. The van der Waals surface area contributed by atoms with Crippen molar-refractivity contribution in [1.29, 1.82) is 0 Å². The van der Waals surface area contributed by atoms with Crippen LogP contribution in [0.3, 0.4) is 0 Å². The van der Waals surface area contributed by atoms with Crippen LogP contribution in [0.2, 0.25) is 0 Å². The summed E-state index contributed by atoms with van der Waals surface area (Å²) in [6.07, 6.45) is 0.683. The van der Waals surface area contributed by atoms with Crippen molar-refractivity contribution in [2.24, 2.45) is 0 Å². The van der Waals surface area contributed by atoms with E-state index >= 15 is 0 Å². The Morgan fingerprint density at radius 2 is 2.38 bits per heavy atom. The normalized spacial score (nSPS) is 39.8. The molecule has 0 spiro atoms. The third-order valence-electron chi connectivity index (χ3n) is 1.19. The molecule has 1 rings (SSSR count). The molecule has 0 aromatic carbocycles. The molecule has 0 aromatic rings. The van der Waals surface area contributed by atoms with E-state index in [0.29, 0.717) is 13.0 Å². The van der Waals surface area contributed by atoms with Crippen LogP contribution in [0.25, 0.3) is 0 Å². The van der Waals surface area contributed by atoms with Crippen molar-refractivity contribution in [1.82, 2.24) is 0 Å². The lowest BCUT2D eigenvalue weighted by Crippen LogP contribution is -2.25. The zero-order valence-electron chi connectivity index (χ0n) is 4.44. The molecular weight excluding hydrogens is 175 g/mol. The van der Waals surface area contributed by atoms with Crippen molar-refractivity contribution in [2.45, 2.75) is 24.0 Å². The van der Waals surface area contributed by atoms with Crippen molar-refractivity contribution in [3.05, 3.63) is 0 Å². The Labute approximate surface area is 56.3 Å². The largest absolute Gasteiger partial charge is 0.364 e. The van der Waals surface area contributed by atoms with Crippen LogP contribution >= 0.6 is 15.9 Å². The van der Waals surface area contributed by atoms with Gasteiger partial charge in [-0.05, 0) is 12.8 Å². The maximum Gasteiger partial charge on any atom is 0.143 e. The van der Waals surface area contributed by atoms with Gasteiger partial charge in [0.2, 0.25) is 0 Å². The number of hydrogen-bond donors (Lipinski definition) is 0. The molecule has 0 radical (unpaired) electrons. The number of rotatable bonds is 0. The highest BCUT2D eigenvalue weighted by Crippen LogP contribution is 2.20. The molecule has 3 heteroatoms. The quantitative estimate of drug-likeness (QED) is 0.520. The lowest BCUT2D eigenvalue weighted by Gasteiger charge is -2.20. The van der Waals surface area contributed by atoms with Gasteiger partial charge in [-0.25, -0.2) is 4.39 Å². The van der Waals surface area contributed by atoms with Gasteiger partial charge in [-0.1, -0.05) is 15.9 Å². The van der Waals surface area contributed by atoms with E-state index in [-0.39, 0.29) is 5.01 Å². The minimum absolute atomic E-state index is 0.351. The smallest absolute Gasteiger partial charge is 0.143 e. The van der Waals surface area contributed by atoms with Crippen molar-refractivity contribution < 1.29 is 9.13 Å². The van der Waals surface area contributed by atoms with Gasteiger partial charge in [-0.3, -0.25) is 0 Å². The lowest BCUT2D eigenvalue weighted by atomic mass is 10.2. The maximum absolute atomic E-state index is 12.4. The van der Waals surface area contributed by atoms with E-state index in [0.717, 1.165) is 6.42 Å². The molecule has 0 bridgehead atoms. The Balaban J connectivity index is 2.28. The predicted octanol–water partition coefficient (Wildman–Crippen LogP) is 1.86. The number of alkyl halides is 2. The number of ether oxygens (including phenoxy) is 1. The highest BCUT2D eigenvalue weighted by atomic mass is 79.9. The summed E-state index contributed by atoms with van der Waals surface area (Å²) in [6.45, 7) is 0.691. The molecule has 8 heavy (non-hydrogen) atoms. The zero-order valence-corrected chi connectivity index (χ0v) is 6.03. The second-order valence-electron chi connectivity index (χ2n) is 1.88. The van der Waals surface area contributed by atoms with Gasteiger partial charge in [0, 0.05) is 6.61 Å². The molecule has 2 unspecified atom stereocenters. The Morgan fingerprint density at radius 1 is 1.62 bits per heavy atom. The van der Waals surface area contributed by atoms with Crippen LogP contribution in [0.5, 0.6) is 0 Å². The molecule has 1 fully saturated rings. The molecule has 1 heterocycles. The summed E-state index contributed by atoms with van der Waals surface area (Å²) in [6, 6.07) is 0. The molecule has 1 saturated heterocycles. The van der Waals surface area contributed by atoms with Gasteiger partial charge in [-0.2, -0.15) is 0 Å². The average Bonchev–Trinajstić information content (AvgIpc) is 1.77. The fraction of sp³-hybridized carbons (Fsp3) is 1.00. The summed E-state index contributed by atoms with van der Waals surface area (Å²) in [5.74, 6) is 0. The van der Waals surface area contributed by atoms with E-state index in [2.05, 4.69) is 15.9 Å².